The van der Waals surface area contributed by atoms with Crippen LogP contribution in [0.1, 0.15) is 11.1 Å². The molecule has 0 aliphatic rings. The third-order valence-electron chi connectivity index (χ3n) is 2.34. The summed E-state index contributed by atoms with van der Waals surface area (Å²) in [5.74, 6) is 5.44. The minimum absolute atomic E-state index is 0.918. The number of pyridine rings is 1. The van der Waals surface area contributed by atoms with E-state index in [1.54, 1.807) is 6.20 Å². The first-order valence-corrected chi connectivity index (χ1v) is 4.55. The molecule has 2 aromatic rings. The summed E-state index contributed by atoms with van der Waals surface area (Å²) in [7, 11) is 0. The molecule has 3 heteroatoms. The Kier molecular flexibility index (Phi) is 2.09. The molecule has 0 unspecified atom stereocenters. The van der Waals surface area contributed by atoms with Crippen molar-refractivity contribution in [2.45, 2.75) is 13.8 Å². The Morgan fingerprint density at radius 1 is 1.29 bits per heavy atom. The fraction of sp³-hybridized carbons (Fsp3) is 0.182. The second kappa shape index (κ2) is 3.27. The van der Waals surface area contributed by atoms with Gasteiger partial charge in [-0.2, -0.15) is 0 Å². The molecule has 0 atom stereocenters. The van der Waals surface area contributed by atoms with Gasteiger partial charge >= 0.3 is 0 Å². The molecule has 3 N–H and O–H groups in total. The molecule has 0 amide bonds. The number of hydrogen-bond acceptors (Lipinski definition) is 3. The molecule has 14 heavy (non-hydrogen) atoms. The van der Waals surface area contributed by atoms with E-state index < -0.39 is 0 Å². The molecule has 0 spiro atoms. The fourth-order valence-electron chi connectivity index (χ4n) is 1.74. The van der Waals surface area contributed by atoms with Crippen LogP contribution in [0.25, 0.3) is 10.9 Å². The number of rotatable bonds is 1. The van der Waals surface area contributed by atoms with Crippen LogP contribution in [0.4, 0.5) is 5.69 Å². The number of anilines is 1. The maximum atomic E-state index is 5.44. The Bertz CT molecular complexity index is 477. The van der Waals surface area contributed by atoms with E-state index in [9.17, 15) is 0 Å². The molecule has 2 rings (SSSR count). The van der Waals surface area contributed by atoms with Gasteiger partial charge in [-0.05, 0) is 31.5 Å². The molecule has 1 heterocycles. The van der Waals surface area contributed by atoms with E-state index in [2.05, 4.69) is 36.4 Å². The number of nitrogens with one attached hydrogen (secondary N) is 1. The lowest BCUT2D eigenvalue weighted by molar-refractivity contribution is 1.31. The average molecular weight is 187 g/mol. The van der Waals surface area contributed by atoms with Crippen LogP contribution in [0.5, 0.6) is 0 Å². The fourth-order valence-corrected chi connectivity index (χ4v) is 1.74. The Labute approximate surface area is 82.9 Å². The summed E-state index contributed by atoms with van der Waals surface area (Å²) in [6.45, 7) is 4.13. The number of fused-ring (bicyclic) bond motifs is 1. The maximum Gasteiger partial charge on any atom is 0.0752 e. The van der Waals surface area contributed by atoms with Gasteiger partial charge in [0.25, 0.3) is 0 Å². The summed E-state index contributed by atoms with van der Waals surface area (Å²) in [6, 6.07) is 6.08. The van der Waals surface area contributed by atoms with Crippen molar-refractivity contribution in [3.05, 3.63) is 35.5 Å². The molecular weight excluding hydrogens is 174 g/mol. The number of benzene rings is 1. The number of aromatic nitrogens is 1. The highest BCUT2D eigenvalue weighted by Gasteiger charge is 2.03. The van der Waals surface area contributed by atoms with Crippen LogP contribution >= 0.6 is 0 Å². The smallest absolute Gasteiger partial charge is 0.0752 e. The van der Waals surface area contributed by atoms with Crippen molar-refractivity contribution in [2.24, 2.45) is 5.84 Å². The number of hydrogen-bond donors (Lipinski definition) is 2. The summed E-state index contributed by atoms with van der Waals surface area (Å²) in [5.41, 5.74) is 7.01. The van der Waals surface area contributed by atoms with Crippen LogP contribution < -0.4 is 11.3 Å². The van der Waals surface area contributed by atoms with Gasteiger partial charge in [-0.25, -0.2) is 0 Å². The summed E-state index contributed by atoms with van der Waals surface area (Å²) in [4.78, 5) is 4.33. The van der Waals surface area contributed by atoms with E-state index in [0.29, 0.717) is 0 Å². The first-order valence-electron chi connectivity index (χ1n) is 4.55. The zero-order chi connectivity index (χ0) is 10.1. The van der Waals surface area contributed by atoms with Crippen LogP contribution in [-0.4, -0.2) is 4.98 Å². The van der Waals surface area contributed by atoms with E-state index in [-0.39, 0.29) is 0 Å². The molecule has 0 fully saturated rings. The molecule has 0 aliphatic heterocycles. The predicted octanol–water partition coefficient (Wildman–Crippen LogP) is 2.14. The highest BCUT2D eigenvalue weighted by Crippen LogP contribution is 2.24. The second-order valence-corrected chi connectivity index (χ2v) is 3.48. The van der Waals surface area contributed by atoms with Crippen molar-refractivity contribution >= 4 is 16.6 Å². The normalized spacial score (nSPS) is 10.5. The van der Waals surface area contributed by atoms with Crippen molar-refractivity contribution in [3.8, 4) is 0 Å². The SMILES string of the molecule is Cc1cc(C)c2nccc(NN)c2c1. The standard InChI is InChI=1S/C11H13N3/c1-7-5-8(2)11-9(6-7)10(14-12)3-4-13-11/h3-6H,12H2,1-2H3,(H,13,14). The molecular formula is C11H13N3. The van der Waals surface area contributed by atoms with Gasteiger partial charge in [0.2, 0.25) is 0 Å². The molecule has 0 radical (unpaired) electrons. The molecule has 0 saturated carbocycles. The lowest BCUT2D eigenvalue weighted by Crippen LogP contribution is -2.07. The molecule has 72 valence electrons. The number of aryl methyl sites for hydroxylation is 2. The van der Waals surface area contributed by atoms with Gasteiger partial charge in [0.15, 0.2) is 0 Å². The Morgan fingerprint density at radius 3 is 2.79 bits per heavy atom. The minimum atomic E-state index is 0.918. The molecule has 1 aromatic heterocycles. The zero-order valence-corrected chi connectivity index (χ0v) is 8.33. The third-order valence-corrected chi connectivity index (χ3v) is 2.34. The maximum absolute atomic E-state index is 5.44. The van der Waals surface area contributed by atoms with E-state index >= 15 is 0 Å². The third kappa shape index (κ3) is 1.32. The number of nitrogen functional groups attached to an aromatic ring is 1. The van der Waals surface area contributed by atoms with Crippen LogP contribution in [0.3, 0.4) is 0 Å². The van der Waals surface area contributed by atoms with E-state index in [0.717, 1.165) is 16.6 Å². The Hall–Kier alpha value is -1.61. The first kappa shape index (κ1) is 8.97. The van der Waals surface area contributed by atoms with Crippen molar-refractivity contribution in [1.82, 2.24) is 4.98 Å². The minimum Gasteiger partial charge on any atom is -0.323 e. The summed E-state index contributed by atoms with van der Waals surface area (Å²) in [5, 5.41) is 1.08. The number of nitrogens with zero attached hydrogens (tertiary/aromatic N) is 1. The van der Waals surface area contributed by atoms with Crippen molar-refractivity contribution < 1.29 is 0 Å². The highest BCUT2D eigenvalue weighted by atomic mass is 15.2. The lowest BCUT2D eigenvalue weighted by Gasteiger charge is -2.07. The van der Waals surface area contributed by atoms with E-state index in [1.165, 1.54) is 11.1 Å². The largest absolute Gasteiger partial charge is 0.323 e. The molecule has 1 aromatic carbocycles. The van der Waals surface area contributed by atoms with Crippen molar-refractivity contribution in [2.75, 3.05) is 5.43 Å². The van der Waals surface area contributed by atoms with Gasteiger partial charge in [-0.1, -0.05) is 11.6 Å². The quantitative estimate of drug-likeness (QED) is 0.531. The van der Waals surface area contributed by atoms with Gasteiger partial charge in [-0.3, -0.25) is 10.8 Å². The summed E-state index contributed by atoms with van der Waals surface area (Å²) in [6.07, 6.45) is 1.76. The number of nitrogens with two attached hydrogens (primary N) is 1. The van der Waals surface area contributed by atoms with Crippen LogP contribution in [0, 0.1) is 13.8 Å². The van der Waals surface area contributed by atoms with Crippen molar-refractivity contribution in [1.29, 1.82) is 0 Å². The lowest BCUT2D eigenvalue weighted by atomic mass is 10.1. The monoisotopic (exact) mass is 187 g/mol. The Balaban J connectivity index is 2.86. The van der Waals surface area contributed by atoms with Gasteiger partial charge in [0.1, 0.15) is 0 Å². The van der Waals surface area contributed by atoms with Gasteiger partial charge < -0.3 is 5.43 Å². The average Bonchev–Trinajstić information content (AvgIpc) is 2.17. The summed E-state index contributed by atoms with van der Waals surface area (Å²) >= 11 is 0. The predicted molar refractivity (Wildman–Crippen MR) is 59.0 cm³/mol. The Morgan fingerprint density at radius 2 is 2.07 bits per heavy atom. The van der Waals surface area contributed by atoms with Crippen LogP contribution in [0.15, 0.2) is 24.4 Å². The topological polar surface area (TPSA) is 50.9 Å². The second-order valence-electron chi connectivity index (χ2n) is 3.48. The van der Waals surface area contributed by atoms with Gasteiger partial charge in [0, 0.05) is 11.6 Å². The van der Waals surface area contributed by atoms with Gasteiger partial charge in [-0.15, -0.1) is 0 Å². The van der Waals surface area contributed by atoms with Crippen LogP contribution in [0.2, 0.25) is 0 Å². The molecule has 0 bridgehead atoms. The van der Waals surface area contributed by atoms with Crippen LogP contribution in [-0.2, 0) is 0 Å². The van der Waals surface area contributed by atoms with Gasteiger partial charge in [0.05, 0.1) is 11.2 Å². The highest BCUT2D eigenvalue weighted by molar-refractivity contribution is 5.93. The van der Waals surface area contributed by atoms with E-state index in [4.69, 9.17) is 5.84 Å². The zero-order valence-electron chi connectivity index (χ0n) is 8.33. The first-order chi connectivity index (χ1) is 6.72. The molecule has 0 saturated heterocycles. The number of hydrazine groups is 1. The summed E-state index contributed by atoms with van der Waals surface area (Å²) < 4.78 is 0. The molecule has 0 aliphatic carbocycles. The van der Waals surface area contributed by atoms with Crippen molar-refractivity contribution in [3.63, 3.8) is 0 Å². The molecule has 3 nitrogen and oxygen atoms in total. The van der Waals surface area contributed by atoms with E-state index in [1.807, 2.05) is 6.07 Å².